The molecule has 1 aliphatic heterocycles. The Hall–Kier alpha value is -2.28. The largest absolute Gasteiger partial charge is 0.492 e. The van der Waals surface area contributed by atoms with Crippen LogP contribution in [0.4, 0.5) is 0 Å². The van der Waals surface area contributed by atoms with Crippen molar-refractivity contribution >= 4 is 17.5 Å². The lowest BCUT2D eigenvalue weighted by Gasteiger charge is -2.29. The predicted octanol–water partition coefficient (Wildman–Crippen LogP) is -0.303. The number of benzene rings is 2. The van der Waals surface area contributed by atoms with Crippen molar-refractivity contribution in [1.82, 2.24) is 5.32 Å². The molecule has 1 aliphatic rings. The zero-order valence-corrected chi connectivity index (χ0v) is 17.4. The van der Waals surface area contributed by atoms with Crippen LogP contribution in [-0.2, 0) is 4.79 Å². The Balaban J connectivity index is 1.23. The number of ether oxygens (including phenoxy) is 2. The van der Waals surface area contributed by atoms with Gasteiger partial charge in [-0.25, -0.2) is 0 Å². The number of amides is 1. The van der Waals surface area contributed by atoms with Crippen LogP contribution in [0.3, 0.4) is 0 Å². The van der Waals surface area contributed by atoms with Gasteiger partial charge in [-0.05, 0) is 36.4 Å². The first-order valence-electron chi connectivity index (χ1n) is 10.2. The summed E-state index contributed by atoms with van der Waals surface area (Å²) in [7, 11) is 0. The number of rotatable bonds is 10. The Labute approximate surface area is 177 Å². The van der Waals surface area contributed by atoms with Gasteiger partial charge < -0.3 is 24.6 Å². The third-order valence-electron chi connectivity index (χ3n) is 5.05. The highest BCUT2D eigenvalue weighted by atomic mass is 35.5. The van der Waals surface area contributed by atoms with E-state index in [0.717, 1.165) is 50.8 Å². The zero-order chi connectivity index (χ0) is 20.3. The molecule has 2 aromatic carbocycles. The van der Waals surface area contributed by atoms with E-state index in [0.29, 0.717) is 24.7 Å². The summed E-state index contributed by atoms with van der Waals surface area (Å²) in [6, 6.07) is 17.1. The van der Waals surface area contributed by atoms with Crippen molar-refractivity contribution in [3.63, 3.8) is 0 Å². The van der Waals surface area contributed by atoms with Crippen LogP contribution in [0.15, 0.2) is 54.6 Å². The molecular weight excluding hydrogens is 390 g/mol. The van der Waals surface area contributed by atoms with E-state index in [1.54, 1.807) is 17.0 Å². The average Bonchev–Trinajstić information content (AvgIpc) is 2.74. The fraction of sp³-hybridized carbons (Fsp3) is 0.409. The molecule has 6 nitrogen and oxygen atoms in total. The van der Waals surface area contributed by atoms with Gasteiger partial charge >= 0.3 is 0 Å². The van der Waals surface area contributed by atoms with Crippen molar-refractivity contribution in [2.75, 3.05) is 59.0 Å². The molecule has 0 aliphatic carbocycles. The molecule has 0 bridgehead atoms. The molecule has 0 aromatic heterocycles. The molecule has 7 heteroatoms. The Morgan fingerprint density at radius 1 is 0.862 bits per heavy atom. The lowest BCUT2D eigenvalue weighted by Crippen LogP contribution is -3.28. The molecular formula is C22H30ClN3O3+2. The first kappa shape index (κ1) is 21.4. The van der Waals surface area contributed by atoms with Crippen molar-refractivity contribution < 1.29 is 24.1 Å². The van der Waals surface area contributed by atoms with Crippen LogP contribution in [0, 0.1) is 0 Å². The normalized spacial score (nSPS) is 18.8. The number of halogens is 1. The van der Waals surface area contributed by atoms with Gasteiger partial charge in [0.2, 0.25) is 0 Å². The van der Waals surface area contributed by atoms with Gasteiger partial charge in [-0.1, -0.05) is 29.8 Å². The molecule has 0 unspecified atom stereocenters. The second-order valence-electron chi connectivity index (χ2n) is 7.24. The quantitative estimate of drug-likeness (QED) is 0.463. The molecule has 0 saturated carbocycles. The van der Waals surface area contributed by atoms with Crippen molar-refractivity contribution in [2.24, 2.45) is 0 Å². The number of quaternary nitrogens is 2. The summed E-state index contributed by atoms with van der Waals surface area (Å²) >= 11 is 5.84. The summed E-state index contributed by atoms with van der Waals surface area (Å²) in [6.07, 6.45) is 0. The summed E-state index contributed by atoms with van der Waals surface area (Å²) < 4.78 is 11.4. The Bertz CT molecular complexity index is 735. The van der Waals surface area contributed by atoms with Gasteiger partial charge in [0.15, 0.2) is 6.54 Å². The standard InChI is InChI=1S/C22H28ClN3O3/c23-19-6-8-21(9-7-19)28-16-10-24-22(27)18-26-13-11-25(12-14-26)15-17-29-20-4-2-1-3-5-20/h1-9H,10-18H2,(H,24,27)/p+2. The fourth-order valence-electron chi connectivity index (χ4n) is 3.39. The monoisotopic (exact) mass is 419 g/mol. The van der Waals surface area contributed by atoms with E-state index >= 15 is 0 Å². The molecule has 0 spiro atoms. The minimum atomic E-state index is 0.0792. The lowest BCUT2D eigenvalue weighted by atomic mass is 10.3. The molecule has 0 radical (unpaired) electrons. The highest BCUT2D eigenvalue weighted by Gasteiger charge is 2.24. The van der Waals surface area contributed by atoms with Crippen LogP contribution in [0.2, 0.25) is 5.02 Å². The van der Waals surface area contributed by atoms with Gasteiger partial charge in [0.1, 0.15) is 57.4 Å². The van der Waals surface area contributed by atoms with Crippen molar-refractivity contribution in [1.29, 1.82) is 0 Å². The molecule has 2 aromatic rings. The van der Waals surface area contributed by atoms with E-state index in [9.17, 15) is 4.79 Å². The highest BCUT2D eigenvalue weighted by molar-refractivity contribution is 6.30. The molecule has 1 fully saturated rings. The average molecular weight is 420 g/mol. The summed E-state index contributed by atoms with van der Waals surface area (Å²) in [5.74, 6) is 1.76. The minimum absolute atomic E-state index is 0.0792. The smallest absolute Gasteiger partial charge is 0.275 e. The maximum Gasteiger partial charge on any atom is 0.275 e. The number of hydrogen-bond donors (Lipinski definition) is 3. The molecule has 1 amide bonds. The third-order valence-corrected chi connectivity index (χ3v) is 5.30. The second-order valence-corrected chi connectivity index (χ2v) is 7.68. The van der Waals surface area contributed by atoms with Gasteiger partial charge in [0.05, 0.1) is 6.54 Å². The van der Waals surface area contributed by atoms with Crippen LogP contribution >= 0.6 is 11.6 Å². The summed E-state index contributed by atoms with van der Waals surface area (Å²) in [6.45, 7) is 7.35. The predicted molar refractivity (Wildman–Crippen MR) is 113 cm³/mol. The Kier molecular flexibility index (Phi) is 8.61. The first-order chi connectivity index (χ1) is 14.2. The van der Waals surface area contributed by atoms with Crippen LogP contribution < -0.4 is 24.6 Å². The summed E-state index contributed by atoms with van der Waals surface area (Å²) in [5.41, 5.74) is 0. The molecule has 3 rings (SSSR count). The molecule has 1 heterocycles. The van der Waals surface area contributed by atoms with E-state index in [2.05, 4.69) is 5.32 Å². The minimum Gasteiger partial charge on any atom is -0.492 e. The zero-order valence-electron chi connectivity index (χ0n) is 16.7. The van der Waals surface area contributed by atoms with E-state index in [1.807, 2.05) is 42.5 Å². The topological polar surface area (TPSA) is 56.4 Å². The van der Waals surface area contributed by atoms with Gasteiger partial charge in [-0.3, -0.25) is 4.79 Å². The molecule has 29 heavy (non-hydrogen) atoms. The summed E-state index contributed by atoms with van der Waals surface area (Å²) in [5, 5.41) is 3.62. The van der Waals surface area contributed by atoms with Crippen LogP contribution in [-0.4, -0.2) is 64.9 Å². The van der Waals surface area contributed by atoms with Crippen LogP contribution in [0.5, 0.6) is 11.5 Å². The maximum absolute atomic E-state index is 12.1. The summed E-state index contributed by atoms with van der Waals surface area (Å²) in [4.78, 5) is 15.0. The van der Waals surface area contributed by atoms with Crippen molar-refractivity contribution in [3.8, 4) is 11.5 Å². The fourth-order valence-corrected chi connectivity index (χ4v) is 3.52. The SMILES string of the molecule is O=C(C[NH+]1CC[NH+](CCOc2ccccc2)CC1)NCCOc1ccc(Cl)cc1. The number of hydrogen-bond acceptors (Lipinski definition) is 3. The van der Waals surface area contributed by atoms with Gasteiger partial charge in [-0.15, -0.1) is 0 Å². The van der Waals surface area contributed by atoms with E-state index in [-0.39, 0.29) is 5.91 Å². The maximum atomic E-state index is 12.1. The number of nitrogens with one attached hydrogen (secondary N) is 3. The van der Waals surface area contributed by atoms with Crippen LogP contribution in [0.1, 0.15) is 0 Å². The van der Waals surface area contributed by atoms with Gasteiger partial charge in [0.25, 0.3) is 5.91 Å². The van der Waals surface area contributed by atoms with Gasteiger partial charge in [-0.2, -0.15) is 0 Å². The number of piperazine rings is 1. The number of carbonyl (C=O) groups excluding carboxylic acids is 1. The second kappa shape index (κ2) is 11.7. The van der Waals surface area contributed by atoms with Crippen molar-refractivity contribution in [3.05, 3.63) is 59.6 Å². The molecule has 3 N–H and O–H groups in total. The number of carbonyl (C=O) groups is 1. The van der Waals surface area contributed by atoms with E-state index in [4.69, 9.17) is 21.1 Å². The van der Waals surface area contributed by atoms with Gasteiger partial charge in [0, 0.05) is 5.02 Å². The molecule has 0 atom stereocenters. The highest BCUT2D eigenvalue weighted by Crippen LogP contribution is 2.15. The van der Waals surface area contributed by atoms with E-state index < -0.39 is 0 Å². The lowest BCUT2D eigenvalue weighted by molar-refractivity contribution is -1.01. The first-order valence-corrected chi connectivity index (χ1v) is 10.6. The van der Waals surface area contributed by atoms with Crippen LogP contribution in [0.25, 0.3) is 0 Å². The molecule has 1 saturated heterocycles. The third kappa shape index (κ3) is 7.93. The number of para-hydroxylation sites is 1. The van der Waals surface area contributed by atoms with Crippen molar-refractivity contribution in [2.45, 2.75) is 0 Å². The Morgan fingerprint density at radius 3 is 2.21 bits per heavy atom. The van der Waals surface area contributed by atoms with E-state index in [1.165, 1.54) is 4.90 Å². The Morgan fingerprint density at radius 2 is 1.48 bits per heavy atom. The molecule has 156 valence electrons.